The van der Waals surface area contributed by atoms with Gasteiger partial charge in [-0.2, -0.15) is 4.98 Å². The minimum atomic E-state index is 0.168. The summed E-state index contributed by atoms with van der Waals surface area (Å²) in [5.74, 6) is 0.520. The van der Waals surface area contributed by atoms with Gasteiger partial charge in [-0.05, 0) is 11.6 Å². The Balaban J connectivity index is 2.07. The molecule has 4 nitrogen and oxygen atoms in total. The molecule has 2 heterocycles. The lowest BCUT2D eigenvalue weighted by molar-refractivity contribution is 1.06. The van der Waals surface area contributed by atoms with Crippen LogP contribution in [0.3, 0.4) is 0 Å². The van der Waals surface area contributed by atoms with Gasteiger partial charge in [0.1, 0.15) is 15.8 Å². The maximum absolute atomic E-state index is 5.87. The van der Waals surface area contributed by atoms with Crippen molar-refractivity contribution in [1.29, 1.82) is 0 Å². The van der Waals surface area contributed by atoms with E-state index in [1.54, 1.807) is 17.5 Å². The molecule has 1 N–H and O–H groups in total. The van der Waals surface area contributed by atoms with Gasteiger partial charge >= 0.3 is 0 Å². The monoisotopic (exact) mass is 260 g/mol. The Morgan fingerprint density at radius 3 is 2.93 bits per heavy atom. The summed E-state index contributed by atoms with van der Waals surface area (Å²) in [6.07, 6.45) is 3.21. The lowest BCUT2D eigenvalue weighted by Crippen LogP contribution is -2.02. The van der Waals surface area contributed by atoms with Gasteiger partial charge in [-0.25, -0.2) is 9.97 Å². The molecule has 0 aromatic carbocycles. The lowest BCUT2D eigenvalue weighted by atomic mass is 10.5. The van der Waals surface area contributed by atoms with Gasteiger partial charge in [-0.1, -0.05) is 11.6 Å². The molecule has 0 radical (unpaired) electrons. The average molecular weight is 261 g/mol. The van der Waals surface area contributed by atoms with Crippen molar-refractivity contribution in [3.05, 3.63) is 33.1 Å². The van der Waals surface area contributed by atoms with E-state index >= 15 is 0 Å². The number of thiazole rings is 1. The van der Waals surface area contributed by atoms with Crippen LogP contribution in [0.5, 0.6) is 0 Å². The van der Waals surface area contributed by atoms with Crippen molar-refractivity contribution in [2.75, 3.05) is 5.32 Å². The van der Waals surface area contributed by atoms with Crippen LogP contribution in [0.1, 0.15) is 5.01 Å². The van der Waals surface area contributed by atoms with Crippen LogP contribution in [0, 0.1) is 0 Å². The molecule has 0 saturated heterocycles. The van der Waals surface area contributed by atoms with Crippen LogP contribution in [0.2, 0.25) is 10.3 Å². The van der Waals surface area contributed by atoms with Crippen molar-refractivity contribution in [1.82, 2.24) is 15.0 Å². The number of hydrogen-bond donors (Lipinski definition) is 1. The number of nitrogens with one attached hydrogen (secondary N) is 1. The van der Waals surface area contributed by atoms with E-state index in [1.807, 2.05) is 5.38 Å². The normalized spacial score (nSPS) is 10.3. The van der Waals surface area contributed by atoms with E-state index < -0.39 is 0 Å². The van der Waals surface area contributed by atoms with E-state index in [4.69, 9.17) is 23.2 Å². The molecule has 0 amide bonds. The largest absolute Gasteiger partial charge is 0.362 e. The molecule has 0 aliphatic carbocycles. The molecule has 15 heavy (non-hydrogen) atoms. The second-order valence-electron chi connectivity index (χ2n) is 2.61. The highest BCUT2D eigenvalue weighted by Gasteiger charge is 2.04. The Bertz CT molecular complexity index is 446. The summed E-state index contributed by atoms with van der Waals surface area (Å²) in [4.78, 5) is 11.8. The minimum Gasteiger partial charge on any atom is -0.362 e. The predicted octanol–water partition coefficient (Wildman–Crippen LogP) is 2.85. The van der Waals surface area contributed by atoms with E-state index in [1.165, 1.54) is 6.20 Å². The summed E-state index contributed by atoms with van der Waals surface area (Å²) in [7, 11) is 0. The number of halogens is 2. The van der Waals surface area contributed by atoms with Crippen LogP contribution in [-0.4, -0.2) is 15.0 Å². The van der Waals surface area contributed by atoms with Crippen molar-refractivity contribution in [2.24, 2.45) is 0 Å². The van der Waals surface area contributed by atoms with Crippen molar-refractivity contribution < 1.29 is 0 Å². The van der Waals surface area contributed by atoms with Gasteiger partial charge in [0.25, 0.3) is 0 Å². The van der Waals surface area contributed by atoms with Crippen LogP contribution in [0.15, 0.2) is 17.8 Å². The topological polar surface area (TPSA) is 50.7 Å². The molecule has 0 atom stereocenters. The third-order valence-corrected chi connectivity index (χ3v) is 2.84. The Kier molecular flexibility index (Phi) is 3.35. The molecule has 0 fully saturated rings. The first-order valence-electron chi connectivity index (χ1n) is 4.06. The molecule has 0 aliphatic rings. The standard InChI is InChI=1S/C8H6Cl2N4S/c9-5-3-13-8(10)14-7(5)12-4-6-11-1-2-15-6/h1-3H,4H2,(H,12,13,14). The first kappa shape index (κ1) is 10.6. The molecule has 0 aliphatic heterocycles. The zero-order valence-electron chi connectivity index (χ0n) is 7.44. The molecule has 78 valence electrons. The van der Waals surface area contributed by atoms with Gasteiger partial charge in [0.2, 0.25) is 5.28 Å². The third-order valence-electron chi connectivity index (χ3n) is 1.61. The highest BCUT2D eigenvalue weighted by Crippen LogP contribution is 2.20. The molecule has 7 heteroatoms. The molecule has 0 bridgehead atoms. The van der Waals surface area contributed by atoms with Gasteiger partial charge in [0, 0.05) is 11.6 Å². The van der Waals surface area contributed by atoms with Crippen LogP contribution in [0.25, 0.3) is 0 Å². The molecule has 2 aromatic heterocycles. The highest BCUT2D eigenvalue weighted by atomic mass is 35.5. The maximum Gasteiger partial charge on any atom is 0.224 e. The first-order valence-corrected chi connectivity index (χ1v) is 5.69. The van der Waals surface area contributed by atoms with Gasteiger partial charge in [-0.15, -0.1) is 11.3 Å². The van der Waals surface area contributed by atoms with Gasteiger partial charge in [-0.3, -0.25) is 0 Å². The fourth-order valence-electron chi connectivity index (χ4n) is 0.969. The summed E-state index contributed by atoms with van der Waals surface area (Å²) in [5, 5.41) is 6.51. The molecule has 0 unspecified atom stereocenters. The molecular weight excluding hydrogens is 255 g/mol. The first-order chi connectivity index (χ1) is 7.25. The van der Waals surface area contributed by atoms with E-state index in [2.05, 4.69) is 20.3 Å². The number of hydrogen-bond acceptors (Lipinski definition) is 5. The highest BCUT2D eigenvalue weighted by molar-refractivity contribution is 7.09. The van der Waals surface area contributed by atoms with Crippen LogP contribution in [-0.2, 0) is 6.54 Å². The second-order valence-corrected chi connectivity index (χ2v) is 4.34. The fourth-order valence-corrected chi connectivity index (χ4v) is 1.82. The van der Waals surface area contributed by atoms with Gasteiger partial charge in [0.05, 0.1) is 12.7 Å². The number of anilines is 1. The zero-order valence-corrected chi connectivity index (χ0v) is 9.77. The van der Waals surface area contributed by atoms with Gasteiger partial charge in [0.15, 0.2) is 0 Å². The number of aromatic nitrogens is 3. The Labute approximate surface area is 100 Å². The van der Waals surface area contributed by atoms with Crippen LogP contribution in [0.4, 0.5) is 5.82 Å². The molecule has 0 saturated carbocycles. The summed E-state index contributed by atoms with van der Waals surface area (Å²) >= 11 is 13.1. The van der Waals surface area contributed by atoms with Crippen molar-refractivity contribution in [2.45, 2.75) is 6.54 Å². The number of rotatable bonds is 3. The van der Waals surface area contributed by atoms with E-state index in [0.717, 1.165) is 5.01 Å². The number of nitrogens with zero attached hydrogens (tertiary/aromatic N) is 3. The van der Waals surface area contributed by atoms with E-state index in [9.17, 15) is 0 Å². The van der Waals surface area contributed by atoms with E-state index in [-0.39, 0.29) is 5.28 Å². The van der Waals surface area contributed by atoms with Crippen LogP contribution >= 0.6 is 34.5 Å². The molecular formula is C8H6Cl2N4S. The summed E-state index contributed by atoms with van der Waals surface area (Å²) in [5.41, 5.74) is 0. The van der Waals surface area contributed by atoms with Crippen LogP contribution < -0.4 is 5.32 Å². The summed E-state index contributed by atoms with van der Waals surface area (Å²) in [6, 6.07) is 0. The third kappa shape index (κ3) is 2.77. The molecule has 0 spiro atoms. The SMILES string of the molecule is Clc1ncc(Cl)c(NCc2nccs2)n1. The predicted molar refractivity (Wildman–Crippen MR) is 61.5 cm³/mol. The Morgan fingerprint density at radius 1 is 1.33 bits per heavy atom. The Morgan fingerprint density at radius 2 is 2.20 bits per heavy atom. The zero-order chi connectivity index (χ0) is 10.7. The maximum atomic E-state index is 5.87. The smallest absolute Gasteiger partial charge is 0.224 e. The minimum absolute atomic E-state index is 0.168. The van der Waals surface area contributed by atoms with E-state index in [0.29, 0.717) is 17.4 Å². The lowest BCUT2D eigenvalue weighted by Gasteiger charge is -2.04. The van der Waals surface area contributed by atoms with Crippen molar-refractivity contribution >= 4 is 40.4 Å². The van der Waals surface area contributed by atoms with Gasteiger partial charge < -0.3 is 5.32 Å². The second kappa shape index (κ2) is 4.74. The van der Waals surface area contributed by atoms with Crippen molar-refractivity contribution in [3.8, 4) is 0 Å². The summed E-state index contributed by atoms with van der Waals surface area (Å²) < 4.78 is 0. The molecule has 2 rings (SSSR count). The quantitative estimate of drug-likeness (QED) is 0.863. The Hall–Kier alpha value is -0.910. The fraction of sp³-hybridized carbons (Fsp3) is 0.125. The average Bonchev–Trinajstić information content (AvgIpc) is 2.72. The molecule has 2 aromatic rings. The van der Waals surface area contributed by atoms with Crippen molar-refractivity contribution in [3.63, 3.8) is 0 Å². The summed E-state index contributed by atoms with van der Waals surface area (Å²) in [6.45, 7) is 0.574.